The predicted molar refractivity (Wildman–Crippen MR) is 99.5 cm³/mol. The second kappa shape index (κ2) is 14.6. The molecule has 3 aromatic carbocycles. The van der Waals surface area contributed by atoms with E-state index in [-0.39, 0.29) is 17.2 Å². The molecule has 1 aliphatic rings. The van der Waals surface area contributed by atoms with Gasteiger partial charge in [-0.15, -0.1) is 17.2 Å². The molecule has 0 aromatic heterocycles. The number of rotatable bonds is 0. The summed E-state index contributed by atoms with van der Waals surface area (Å²) in [6.45, 7) is 0. The van der Waals surface area contributed by atoms with Crippen molar-refractivity contribution in [3.8, 4) is 17.2 Å². The van der Waals surface area contributed by atoms with Gasteiger partial charge in [0.15, 0.2) is 0 Å². The fourth-order valence-electron chi connectivity index (χ4n) is 1.71. The second-order valence-corrected chi connectivity index (χ2v) is 6.84. The van der Waals surface area contributed by atoms with Gasteiger partial charge in [-0.05, 0) is 0 Å². The Hall–Kier alpha value is -2.58. The molecule has 4 rings (SSSR count). The minimum absolute atomic E-state index is 0.0718. The van der Waals surface area contributed by atoms with Crippen molar-refractivity contribution in [2.45, 2.75) is 6.42 Å². The Morgan fingerprint density at radius 2 is 0.889 bits per heavy atom. The Morgan fingerprint density at radius 3 is 1.00 bits per heavy atom. The van der Waals surface area contributed by atoms with E-state index in [9.17, 15) is 15.3 Å². The Labute approximate surface area is 175 Å². The molecule has 3 aromatic rings. The molecule has 0 amide bonds. The van der Waals surface area contributed by atoms with E-state index in [0.717, 1.165) is 0 Å². The predicted octanol–water partition coefficient (Wildman–Crippen LogP) is 3.66. The molecule has 3 nitrogen and oxygen atoms in total. The summed E-state index contributed by atoms with van der Waals surface area (Å²) in [4.78, 5) is 0. The van der Waals surface area contributed by atoms with Gasteiger partial charge >= 0.3 is 52.6 Å². The van der Waals surface area contributed by atoms with E-state index in [1.165, 1.54) is 42.8 Å². The molecule has 0 spiro atoms. The van der Waals surface area contributed by atoms with Crippen LogP contribution in [-0.4, -0.2) is 0 Å². The minimum atomic E-state index is 0.0718. The van der Waals surface area contributed by atoms with Crippen molar-refractivity contribution in [1.82, 2.24) is 0 Å². The Balaban J connectivity index is 0.000000180. The van der Waals surface area contributed by atoms with Crippen LogP contribution in [0.5, 0.6) is 17.2 Å². The first-order valence-electron chi connectivity index (χ1n) is 8.31. The van der Waals surface area contributed by atoms with Crippen LogP contribution >= 0.6 is 0 Å². The van der Waals surface area contributed by atoms with Gasteiger partial charge in [0.1, 0.15) is 0 Å². The van der Waals surface area contributed by atoms with Crippen LogP contribution < -0.4 is 15.3 Å². The number of hydrogen-bond donors (Lipinski definition) is 0. The van der Waals surface area contributed by atoms with E-state index in [2.05, 4.69) is 18.2 Å². The molecule has 0 atom stereocenters. The van der Waals surface area contributed by atoms with Gasteiger partial charge < -0.3 is 15.3 Å². The van der Waals surface area contributed by atoms with Crippen molar-refractivity contribution in [2.24, 2.45) is 0 Å². The van der Waals surface area contributed by atoms with Crippen LogP contribution in [-0.2, 0) is 24.7 Å². The summed E-state index contributed by atoms with van der Waals surface area (Å²) < 4.78 is 1.56. The van der Waals surface area contributed by atoms with Gasteiger partial charge in [0, 0.05) is 0 Å². The van der Waals surface area contributed by atoms with E-state index in [4.69, 9.17) is 0 Å². The number of allylic oxidation sites excluding steroid dienone is 4. The van der Waals surface area contributed by atoms with Crippen molar-refractivity contribution >= 4 is 0 Å². The van der Waals surface area contributed by atoms with Crippen molar-refractivity contribution in [3.63, 3.8) is 0 Å². The third-order valence-corrected chi connectivity index (χ3v) is 3.91. The maximum absolute atomic E-state index is 10.3. The first-order valence-corrected chi connectivity index (χ1v) is 9.54. The van der Waals surface area contributed by atoms with Crippen molar-refractivity contribution in [1.29, 1.82) is 0 Å². The molecule has 0 aliphatic heterocycles. The summed E-state index contributed by atoms with van der Waals surface area (Å²) in [7, 11) is 0. The zero-order chi connectivity index (χ0) is 19.7. The Kier molecular flexibility index (Phi) is 12.1. The summed E-state index contributed by atoms with van der Waals surface area (Å²) >= 11 is 1.56. The summed E-state index contributed by atoms with van der Waals surface area (Å²) in [5, 5.41) is 30.8. The second-order valence-electron chi connectivity index (χ2n) is 5.26. The Bertz CT molecular complexity index is 696. The molecule has 0 fully saturated rings. The topological polar surface area (TPSA) is 69.2 Å². The molecular formula is C23H20O3Zr. The van der Waals surface area contributed by atoms with Crippen LogP contribution in [0, 0.1) is 0 Å². The molecule has 0 saturated heterocycles. The molecular weight excluding hydrogens is 415 g/mol. The van der Waals surface area contributed by atoms with E-state index < -0.39 is 0 Å². The number of hydrogen-bond acceptors (Lipinski definition) is 3. The molecule has 0 heterocycles. The molecule has 0 unspecified atom stereocenters. The molecule has 0 radical (unpaired) electrons. The maximum atomic E-state index is 10.3. The Morgan fingerprint density at radius 1 is 0.556 bits per heavy atom. The van der Waals surface area contributed by atoms with Gasteiger partial charge in [-0.3, -0.25) is 0 Å². The summed E-state index contributed by atoms with van der Waals surface area (Å²) in [6.07, 6.45) is 7.69. The van der Waals surface area contributed by atoms with Crippen molar-refractivity contribution < 1.29 is 40.0 Å². The summed E-state index contributed by atoms with van der Waals surface area (Å²) in [6, 6.07) is 25.0. The standard InChI is InChI=1S/3C6H6O.C5H5.Zr/c3*7-6-4-2-1-3-5-6;1-2-4-5-3-1;/h3*1-5,7H;1-3H,4H2;/q;;;;+3/p-3. The van der Waals surface area contributed by atoms with Crippen LogP contribution in [0.3, 0.4) is 0 Å². The molecule has 0 bridgehead atoms. The number of para-hydroxylation sites is 3. The molecule has 0 saturated carbocycles. The first-order chi connectivity index (χ1) is 13.1. The van der Waals surface area contributed by atoms with Gasteiger partial charge in [0.25, 0.3) is 0 Å². The van der Waals surface area contributed by atoms with Crippen molar-refractivity contribution in [3.05, 3.63) is 113 Å². The summed E-state index contributed by atoms with van der Waals surface area (Å²) in [5.41, 5.74) is 0. The van der Waals surface area contributed by atoms with Crippen LogP contribution in [0.1, 0.15) is 6.42 Å². The third-order valence-electron chi connectivity index (χ3n) is 3.00. The van der Waals surface area contributed by atoms with E-state index >= 15 is 0 Å². The zero-order valence-electron chi connectivity index (χ0n) is 14.8. The molecule has 4 heteroatoms. The number of benzene rings is 3. The van der Waals surface area contributed by atoms with Crippen LogP contribution in [0.15, 0.2) is 113 Å². The fourth-order valence-corrected chi connectivity index (χ4v) is 2.23. The van der Waals surface area contributed by atoms with Crippen LogP contribution in [0.25, 0.3) is 0 Å². The monoisotopic (exact) mass is 434 g/mol. The van der Waals surface area contributed by atoms with Gasteiger partial charge in [-0.2, -0.15) is 0 Å². The molecule has 27 heavy (non-hydrogen) atoms. The fraction of sp³-hybridized carbons (Fsp3) is 0.0435. The van der Waals surface area contributed by atoms with E-state index in [1.807, 2.05) is 18.2 Å². The van der Waals surface area contributed by atoms with Gasteiger partial charge in [0.05, 0.1) is 0 Å². The zero-order valence-corrected chi connectivity index (χ0v) is 17.3. The average Bonchev–Trinajstić information content (AvgIpc) is 3.16. The summed E-state index contributed by atoms with van der Waals surface area (Å²) in [5.74, 6) is 0.215. The van der Waals surface area contributed by atoms with Gasteiger partial charge in [0.2, 0.25) is 0 Å². The molecule has 0 N–H and O–H groups in total. The normalized spacial score (nSPS) is 10.8. The van der Waals surface area contributed by atoms with E-state index in [0.29, 0.717) is 0 Å². The average molecular weight is 436 g/mol. The van der Waals surface area contributed by atoms with Crippen molar-refractivity contribution in [2.75, 3.05) is 0 Å². The van der Waals surface area contributed by atoms with Gasteiger partial charge in [-0.1, -0.05) is 91.0 Å². The first kappa shape index (κ1) is 22.5. The third kappa shape index (κ3) is 13.3. The molecule has 134 valence electrons. The quantitative estimate of drug-likeness (QED) is 0.541. The van der Waals surface area contributed by atoms with Crippen LogP contribution in [0.2, 0.25) is 0 Å². The molecule has 1 aliphatic carbocycles. The van der Waals surface area contributed by atoms with E-state index in [1.54, 1.807) is 64.4 Å². The van der Waals surface area contributed by atoms with Crippen LogP contribution in [0.4, 0.5) is 0 Å². The SMILES string of the molecule is [O-]c1ccccc1.[O-]c1ccccc1.[O-]c1ccccc1.[Zr+3][C]1=CC=CC1. The van der Waals surface area contributed by atoms with Gasteiger partial charge in [-0.25, -0.2) is 0 Å².